The van der Waals surface area contributed by atoms with E-state index in [2.05, 4.69) is 0 Å². The predicted octanol–water partition coefficient (Wildman–Crippen LogP) is 3.85. The molecule has 1 heterocycles. The quantitative estimate of drug-likeness (QED) is 0.642. The van der Waals surface area contributed by atoms with Gasteiger partial charge in [-0.15, -0.1) is 0 Å². The van der Waals surface area contributed by atoms with Crippen LogP contribution in [0.3, 0.4) is 0 Å². The highest BCUT2D eigenvalue weighted by atomic mass is 16.2. The maximum absolute atomic E-state index is 12.8. The van der Waals surface area contributed by atoms with E-state index in [9.17, 15) is 14.4 Å². The topological polar surface area (TPSA) is 57.7 Å². The van der Waals surface area contributed by atoms with Crippen LogP contribution in [0.2, 0.25) is 0 Å². The molecule has 0 saturated heterocycles. The van der Waals surface area contributed by atoms with E-state index in [1.165, 1.54) is 9.80 Å². The lowest BCUT2D eigenvalue weighted by Gasteiger charge is -2.19. The molecule has 5 heteroatoms. The summed E-state index contributed by atoms with van der Waals surface area (Å²) in [5.74, 6) is -0.688. The number of fused-ring (bicyclic) bond motifs is 1. The van der Waals surface area contributed by atoms with Gasteiger partial charge in [0.2, 0.25) is 0 Å². The number of carbonyl (C=O) groups excluding carboxylic acids is 3. The number of benzene rings is 3. The summed E-state index contributed by atoms with van der Waals surface area (Å²) in [5, 5.41) is 0. The van der Waals surface area contributed by atoms with Gasteiger partial charge in [-0.3, -0.25) is 19.3 Å². The molecule has 0 N–H and O–H groups in total. The Hall–Kier alpha value is -3.73. The zero-order chi connectivity index (χ0) is 20.5. The molecule has 0 bridgehead atoms. The fraction of sp³-hybridized carbons (Fsp3) is 0.125. The zero-order valence-electron chi connectivity index (χ0n) is 16.3. The Balaban J connectivity index is 1.75. The van der Waals surface area contributed by atoms with Crippen LogP contribution >= 0.6 is 0 Å². The molecule has 3 aromatic carbocycles. The molecule has 3 amide bonds. The SMILES string of the molecule is CN(C)C(=O)c1ccccc1-c1ccccc1CN1C(=O)c2ccccc2C1=O. The summed E-state index contributed by atoms with van der Waals surface area (Å²) in [6.07, 6.45) is 0. The third-order valence-electron chi connectivity index (χ3n) is 5.08. The maximum atomic E-state index is 12.8. The number of carbonyl (C=O) groups is 3. The first kappa shape index (κ1) is 18.6. The van der Waals surface area contributed by atoms with Crippen LogP contribution in [-0.2, 0) is 6.54 Å². The number of nitrogens with zero attached hydrogens (tertiary/aromatic N) is 2. The van der Waals surface area contributed by atoms with E-state index in [1.807, 2.05) is 42.5 Å². The van der Waals surface area contributed by atoms with Crippen molar-refractivity contribution in [3.63, 3.8) is 0 Å². The Morgan fingerprint density at radius 2 is 1.21 bits per heavy atom. The molecular formula is C24H20N2O3. The van der Waals surface area contributed by atoms with Crippen LogP contribution in [0.25, 0.3) is 11.1 Å². The van der Waals surface area contributed by atoms with Gasteiger partial charge < -0.3 is 4.90 Å². The van der Waals surface area contributed by atoms with E-state index >= 15 is 0 Å². The van der Waals surface area contributed by atoms with Crippen molar-refractivity contribution in [2.24, 2.45) is 0 Å². The van der Waals surface area contributed by atoms with Gasteiger partial charge in [-0.1, -0.05) is 54.6 Å². The van der Waals surface area contributed by atoms with Crippen LogP contribution < -0.4 is 0 Å². The summed E-state index contributed by atoms with van der Waals surface area (Å²) >= 11 is 0. The van der Waals surface area contributed by atoms with Crippen LogP contribution in [-0.4, -0.2) is 41.6 Å². The standard InChI is InChI=1S/C24H20N2O3/c1-25(2)22(27)19-12-6-5-11-18(19)17-10-4-3-9-16(17)15-26-23(28)20-13-7-8-14-21(20)24(26)29/h3-14H,15H2,1-2H3. The number of imide groups is 1. The molecule has 3 aromatic rings. The van der Waals surface area contributed by atoms with Crippen molar-refractivity contribution < 1.29 is 14.4 Å². The molecule has 0 spiro atoms. The van der Waals surface area contributed by atoms with Crippen LogP contribution in [0.1, 0.15) is 36.6 Å². The zero-order valence-corrected chi connectivity index (χ0v) is 16.3. The highest BCUT2D eigenvalue weighted by Crippen LogP contribution is 2.31. The Morgan fingerprint density at radius 1 is 0.724 bits per heavy atom. The second kappa shape index (κ2) is 7.36. The fourth-order valence-electron chi connectivity index (χ4n) is 3.62. The minimum atomic E-state index is -0.293. The lowest BCUT2D eigenvalue weighted by atomic mass is 9.94. The average Bonchev–Trinajstić information content (AvgIpc) is 2.99. The molecule has 4 rings (SSSR count). The Labute approximate surface area is 169 Å². The Morgan fingerprint density at radius 3 is 1.79 bits per heavy atom. The number of rotatable bonds is 4. The highest BCUT2D eigenvalue weighted by molar-refractivity contribution is 6.21. The highest BCUT2D eigenvalue weighted by Gasteiger charge is 2.35. The molecule has 5 nitrogen and oxygen atoms in total. The van der Waals surface area contributed by atoms with Crippen molar-refractivity contribution in [2.75, 3.05) is 14.1 Å². The summed E-state index contributed by atoms with van der Waals surface area (Å²) in [4.78, 5) is 41.0. The summed E-state index contributed by atoms with van der Waals surface area (Å²) < 4.78 is 0. The summed E-state index contributed by atoms with van der Waals surface area (Å²) in [6.45, 7) is 0.146. The van der Waals surface area contributed by atoms with Gasteiger partial charge in [0.05, 0.1) is 17.7 Å². The number of amides is 3. The summed E-state index contributed by atoms with van der Waals surface area (Å²) in [5.41, 5.74) is 3.85. The molecule has 0 unspecified atom stereocenters. The van der Waals surface area contributed by atoms with Crippen molar-refractivity contribution in [1.82, 2.24) is 9.80 Å². The van der Waals surface area contributed by atoms with Gasteiger partial charge in [-0.05, 0) is 34.9 Å². The molecule has 0 atom stereocenters. The monoisotopic (exact) mass is 384 g/mol. The van der Waals surface area contributed by atoms with E-state index in [0.29, 0.717) is 16.7 Å². The normalized spacial score (nSPS) is 12.8. The molecular weight excluding hydrogens is 364 g/mol. The molecule has 0 aromatic heterocycles. The van der Waals surface area contributed by atoms with E-state index in [1.54, 1.807) is 44.4 Å². The lowest BCUT2D eigenvalue weighted by Crippen LogP contribution is -2.29. The first-order valence-corrected chi connectivity index (χ1v) is 9.33. The lowest BCUT2D eigenvalue weighted by molar-refractivity contribution is 0.0642. The molecule has 0 aliphatic carbocycles. The first-order chi connectivity index (χ1) is 14.0. The molecule has 0 saturated carbocycles. The third-order valence-corrected chi connectivity index (χ3v) is 5.08. The smallest absolute Gasteiger partial charge is 0.261 e. The maximum Gasteiger partial charge on any atom is 0.261 e. The van der Waals surface area contributed by atoms with Crippen LogP contribution in [0.15, 0.2) is 72.8 Å². The van der Waals surface area contributed by atoms with Gasteiger partial charge in [0.25, 0.3) is 17.7 Å². The van der Waals surface area contributed by atoms with Crippen molar-refractivity contribution in [2.45, 2.75) is 6.54 Å². The van der Waals surface area contributed by atoms with E-state index in [-0.39, 0.29) is 24.3 Å². The van der Waals surface area contributed by atoms with Gasteiger partial charge in [-0.25, -0.2) is 0 Å². The second-order valence-electron chi connectivity index (χ2n) is 7.14. The summed E-state index contributed by atoms with van der Waals surface area (Å²) in [6, 6.07) is 21.8. The van der Waals surface area contributed by atoms with E-state index in [4.69, 9.17) is 0 Å². The second-order valence-corrected chi connectivity index (χ2v) is 7.14. The van der Waals surface area contributed by atoms with Gasteiger partial charge in [0, 0.05) is 19.7 Å². The van der Waals surface area contributed by atoms with Crippen molar-refractivity contribution >= 4 is 17.7 Å². The molecule has 29 heavy (non-hydrogen) atoms. The summed E-state index contributed by atoms with van der Waals surface area (Å²) in [7, 11) is 3.42. The van der Waals surface area contributed by atoms with E-state index < -0.39 is 0 Å². The minimum absolute atomic E-state index is 0.101. The van der Waals surface area contributed by atoms with Crippen LogP contribution in [0.5, 0.6) is 0 Å². The van der Waals surface area contributed by atoms with Gasteiger partial charge >= 0.3 is 0 Å². The van der Waals surface area contributed by atoms with Gasteiger partial charge in [-0.2, -0.15) is 0 Å². The minimum Gasteiger partial charge on any atom is -0.345 e. The van der Waals surface area contributed by atoms with Crippen molar-refractivity contribution in [3.8, 4) is 11.1 Å². The predicted molar refractivity (Wildman–Crippen MR) is 111 cm³/mol. The van der Waals surface area contributed by atoms with E-state index in [0.717, 1.165) is 16.7 Å². The van der Waals surface area contributed by atoms with Crippen molar-refractivity contribution in [3.05, 3.63) is 95.1 Å². The molecule has 0 fully saturated rings. The van der Waals surface area contributed by atoms with Crippen LogP contribution in [0.4, 0.5) is 0 Å². The number of hydrogen-bond donors (Lipinski definition) is 0. The fourth-order valence-corrected chi connectivity index (χ4v) is 3.62. The largest absolute Gasteiger partial charge is 0.345 e. The molecule has 1 aliphatic rings. The third kappa shape index (κ3) is 3.21. The van der Waals surface area contributed by atoms with Crippen LogP contribution in [0, 0.1) is 0 Å². The molecule has 144 valence electrons. The average molecular weight is 384 g/mol. The van der Waals surface area contributed by atoms with Crippen molar-refractivity contribution in [1.29, 1.82) is 0 Å². The molecule has 1 aliphatic heterocycles. The first-order valence-electron chi connectivity index (χ1n) is 9.33. The number of hydrogen-bond acceptors (Lipinski definition) is 3. The van der Waals surface area contributed by atoms with Gasteiger partial charge in [0.15, 0.2) is 0 Å². The van der Waals surface area contributed by atoms with Gasteiger partial charge in [0.1, 0.15) is 0 Å². The Bertz CT molecular complexity index is 1100. The Kier molecular flexibility index (Phi) is 4.72. The molecule has 0 radical (unpaired) electrons.